The molecule has 31 heavy (non-hydrogen) atoms. The van der Waals surface area contributed by atoms with Gasteiger partial charge in [-0.15, -0.1) is 0 Å². The van der Waals surface area contributed by atoms with Gasteiger partial charge in [0.2, 0.25) is 0 Å². The van der Waals surface area contributed by atoms with Gasteiger partial charge in [-0.2, -0.15) is 0 Å². The van der Waals surface area contributed by atoms with Crippen LogP contribution in [0.25, 0.3) is 0 Å². The fourth-order valence-corrected chi connectivity index (χ4v) is 10.9. The van der Waals surface area contributed by atoms with Crippen LogP contribution in [-0.4, -0.2) is 43.0 Å². The second kappa shape index (κ2) is 10.8. The fraction of sp³-hybridized carbons (Fsp3) is 0.368. The first-order valence-electron chi connectivity index (χ1n) is 9.01. The monoisotopic (exact) mass is 579 g/mol. The zero-order valence-corrected chi connectivity index (χ0v) is 19.7. The van der Waals surface area contributed by atoms with Crippen molar-refractivity contribution >= 4 is 10.1 Å². The van der Waals surface area contributed by atoms with E-state index in [1.54, 1.807) is 13.8 Å². The van der Waals surface area contributed by atoms with Gasteiger partial charge in [0, 0.05) is 0 Å². The Hall–Kier alpha value is -1.61. The molecule has 0 aliphatic rings. The van der Waals surface area contributed by atoms with Crippen LogP contribution in [0.1, 0.15) is 13.8 Å². The minimum absolute atomic E-state index is 0.0954. The zero-order valence-electron chi connectivity index (χ0n) is 16.8. The van der Waals surface area contributed by atoms with E-state index in [9.17, 15) is 17.2 Å². The van der Waals surface area contributed by atoms with Gasteiger partial charge in [-0.25, -0.2) is 0 Å². The third kappa shape index (κ3) is 5.80. The number of benzene rings is 2. The third-order valence-corrected chi connectivity index (χ3v) is 14.1. The summed E-state index contributed by atoms with van der Waals surface area (Å²) in [6.07, 6.45) is 0. The maximum absolute atomic E-state index is 16.2. The summed E-state index contributed by atoms with van der Waals surface area (Å²) in [5.41, 5.74) is 0. The topological polar surface area (TPSA) is 91.3 Å². The van der Waals surface area contributed by atoms with E-state index in [2.05, 4.69) is 0 Å². The van der Waals surface area contributed by atoms with Crippen molar-refractivity contribution < 1.29 is 62.6 Å². The van der Waals surface area contributed by atoms with Crippen molar-refractivity contribution in [2.75, 3.05) is 26.8 Å². The molecule has 0 fully saturated rings. The molecule has 1 N–H and O–H groups in total. The number of hydrogen-bond acceptors (Lipinski definition) is 6. The van der Waals surface area contributed by atoms with Crippen LogP contribution in [-0.2, 0) is 19.6 Å². The second-order valence-electron chi connectivity index (χ2n) is 5.84. The van der Waals surface area contributed by atoms with Crippen molar-refractivity contribution in [1.82, 2.24) is 0 Å². The SMILES string of the molecule is CCOCOc1ccc([I-](F)(c2ccc(OCOCC)cc2)C(F)(F)S(=O)(=O)O)cc1. The molecule has 0 atom stereocenters. The molecule has 0 aliphatic carbocycles. The standard InChI is InChI=1S/C19H23F3IO7S/c1-3-27-13-29-17-9-5-15(6-10-17)23(22,19(20,21)31(24,25)26)16-7-11-18(12-8-16)30-14-28-4-2/h5-12H,3-4,13-14H2,1-2H3,(H,24,25,26)/q-1. The molecule has 0 bridgehead atoms. The van der Waals surface area contributed by atoms with Crippen LogP contribution in [0.2, 0.25) is 0 Å². The fourth-order valence-electron chi connectivity index (χ4n) is 2.31. The molecule has 0 spiro atoms. The van der Waals surface area contributed by atoms with Crippen LogP contribution in [0.15, 0.2) is 48.5 Å². The Morgan fingerprint density at radius 3 is 1.48 bits per heavy atom. The molecule has 0 heterocycles. The van der Waals surface area contributed by atoms with Crippen LogP contribution in [0.3, 0.4) is 0 Å². The van der Waals surface area contributed by atoms with E-state index in [-0.39, 0.29) is 25.1 Å². The van der Waals surface area contributed by atoms with E-state index in [0.717, 1.165) is 24.3 Å². The summed E-state index contributed by atoms with van der Waals surface area (Å²) in [4.78, 5) is 0. The van der Waals surface area contributed by atoms with E-state index in [4.69, 9.17) is 23.5 Å². The van der Waals surface area contributed by atoms with Gasteiger partial charge in [-0.3, -0.25) is 0 Å². The van der Waals surface area contributed by atoms with E-state index in [0.29, 0.717) is 13.2 Å². The van der Waals surface area contributed by atoms with Crippen LogP contribution in [0, 0.1) is 7.14 Å². The van der Waals surface area contributed by atoms with E-state index in [1.807, 2.05) is 0 Å². The molecule has 176 valence electrons. The molecule has 0 unspecified atom stereocenters. The zero-order chi connectivity index (χ0) is 23.1. The van der Waals surface area contributed by atoms with Crippen molar-refractivity contribution in [3.8, 4) is 11.5 Å². The van der Waals surface area contributed by atoms with Crippen molar-refractivity contribution in [2.45, 2.75) is 17.1 Å². The summed E-state index contributed by atoms with van der Waals surface area (Å²) in [6.45, 7) is 4.10. The summed E-state index contributed by atoms with van der Waals surface area (Å²) in [5, 5.41) is 0. The average Bonchev–Trinajstić information content (AvgIpc) is 2.73. The molecule has 7 nitrogen and oxygen atoms in total. The molecule has 0 aromatic heterocycles. The Morgan fingerprint density at radius 2 is 1.19 bits per heavy atom. The number of ether oxygens (including phenoxy) is 4. The van der Waals surface area contributed by atoms with Gasteiger partial charge in [-0.1, -0.05) is 0 Å². The molecular formula is C19H23F3IO7S-. The van der Waals surface area contributed by atoms with Crippen LogP contribution in [0.4, 0.5) is 11.6 Å². The Labute approximate surface area is 183 Å². The number of hydrogen-bond donors (Lipinski definition) is 1. The maximum atomic E-state index is 16.2. The first-order valence-corrected chi connectivity index (χ1v) is 14.5. The Morgan fingerprint density at radius 1 is 0.839 bits per heavy atom. The van der Waals surface area contributed by atoms with Crippen molar-refractivity contribution in [1.29, 1.82) is 0 Å². The van der Waals surface area contributed by atoms with Gasteiger partial charge in [0.25, 0.3) is 0 Å². The Kier molecular flexibility index (Phi) is 8.94. The molecule has 2 aromatic carbocycles. The first-order chi connectivity index (χ1) is 14.6. The molecule has 0 aliphatic heterocycles. The van der Waals surface area contributed by atoms with Crippen LogP contribution < -0.4 is 28.5 Å². The summed E-state index contributed by atoms with van der Waals surface area (Å²) >= 11 is -6.40. The summed E-state index contributed by atoms with van der Waals surface area (Å²) in [6, 6.07) is 9.01. The van der Waals surface area contributed by atoms with Crippen LogP contribution >= 0.6 is 0 Å². The van der Waals surface area contributed by atoms with Gasteiger partial charge >= 0.3 is 184 Å². The normalized spacial score (nSPS) is 13.1. The van der Waals surface area contributed by atoms with Gasteiger partial charge in [0.15, 0.2) is 0 Å². The molecule has 2 rings (SSSR count). The molecule has 2 aromatic rings. The molecule has 0 saturated heterocycles. The molecule has 0 radical (unpaired) electrons. The van der Waals surface area contributed by atoms with Gasteiger partial charge in [0.05, 0.1) is 0 Å². The predicted octanol–water partition coefficient (Wildman–Crippen LogP) is 0.955. The summed E-state index contributed by atoms with van der Waals surface area (Å²) < 4.78 is 92.3. The minimum atomic E-state index is -6.40. The van der Waals surface area contributed by atoms with Crippen LogP contribution in [0.5, 0.6) is 11.5 Å². The molecule has 0 amide bonds. The molecular weight excluding hydrogens is 556 g/mol. The van der Waals surface area contributed by atoms with E-state index in [1.165, 1.54) is 24.3 Å². The molecule has 0 saturated carbocycles. The van der Waals surface area contributed by atoms with E-state index >= 15 is 2.86 Å². The van der Waals surface area contributed by atoms with Crippen molar-refractivity contribution in [3.63, 3.8) is 0 Å². The van der Waals surface area contributed by atoms with Gasteiger partial charge in [-0.05, 0) is 0 Å². The Balaban J connectivity index is 2.45. The van der Waals surface area contributed by atoms with Gasteiger partial charge in [0.1, 0.15) is 0 Å². The Bertz CT molecular complexity index is 884. The molecule has 12 heteroatoms. The number of halogens is 4. The quantitative estimate of drug-likeness (QED) is 0.132. The third-order valence-electron chi connectivity index (χ3n) is 3.85. The number of alkyl halides is 3. The number of rotatable bonds is 12. The van der Waals surface area contributed by atoms with Crippen molar-refractivity contribution in [2.24, 2.45) is 0 Å². The van der Waals surface area contributed by atoms with E-state index < -0.39 is 39.5 Å². The summed E-state index contributed by atoms with van der Waals surface area (Å²) in [5.74, 6) is 0.436. The predicted molar refractivity (Wildman–Crippen MR) is 102 cm³/mol. The summed E-state index contributed by atoms with van der Waals surface area (Å²) in [7, 11) is -6.04. The average molecular weight is 579 g/mol. The first kappa shape index (κ1) is 25.6. The van der Waals surface area contributed by atoms with Crippen molar-refractivity contribution in [3.05, 3.63) is 55.7 Å². The van der Waals surface area contributed by atoms with Gasteiger partial charge < -0.3 is 0 Å². The second-order valence-corrected chi connectivity index (χ2v) is 14.7.